The fraction of sp³-hybridized carbons (Fsp3) is 0.375. The van der Waals surface area contributed by atoms with Crippen molar-refractivity contribution in [3.05, 3.63) is 11.4 Å². The second-order valence-electron chi connectivity index (χ2n) is 2.37. The molecule has 0 radical (unpaired) electrons. The zero-order valence-corrected chi connectivity index (χ0v) is 6.73. The van der Waals surface area contributed by atoms with E-state index in [1.54, 1.807) is 0 Å². The predicted molar refractivity (Wildman–Crippen MR) is 45.4 cm³/mol. The van der Waals surface area contributed by atoms with Crippen LogP contribution in [0.5, 0.6) is 0 Å². The van der Waals surface area contributed by atoms with Crippen LogP contribution in [-0.4, -0.2) is 16.7 Å². The van der Waals surface area contributed by atoms with Crippen LogP contribution < -0.4 is 5.32 Å². The highest BCUT2D eigenvalue weighted by Gasteiger charge is 2.02. The second-order valence-corrected chi connectivity index (χ2v) is 2.37. The number of aryl methyl sites for hydroxylation is 2. The average Bonchev–Trinajstić information content (AvgIpc) is 2.29. The van der Waals surface area contributed by atoms with Crippen molar-refractivity contribution in [2.24, 2.45) is 0 Å². The third-order valence-electron chi connectivity index (χ3n) is 1.50. The maximum absolute atomic E-state index is 5.10. The molecular formula is C8H11N3. The number of aromatic nitrogens is 2. The van der Waals surface area contributed by atoms with Gasteiger partial charge >= 0.3 is 0 Å². The van der Waals surface area contributed by atoms with Crippen LogP contribution in [0.1, 0.15) is 11.4 Å². The van der Waals surface area contributed by atoms with E-state index in [4.69, 9.17) is 6.42 Å². The quantitative estimate of drug-likeness (QED) is 0.617. The summed E-state index contributed by atoms with van der Waals surface area (Å²) in [5.74, 6) is 2.51. The molecule has 3 heteroatoms. The molecule has 0 spiro atoms. The smallest absolute Gasteiger partial charge is 0.0825 e. The minimum Gasteiger partial charge on any atom is -0.371 e. The maximum Gasteiger partial charge on any atom is 0.0825 e. The van der Waals surface area contributed by atoms with E-state index in [0.717, 1.165) is 17.1 Å². The number of rotatable bonds is 2. The largest absolute Gasteiger partial charge is 0.371 e. The molecule has 0 bridgehead atoms. The number of hydrogen-bond donors (Lipinski definition) is 2. The molecule has 1 heterocycles. The fourth-order valence-electron chi connectivity index (χ4n) is 0.951. The number of H-pyrrole nitrogens is 1. The average molecular weight is 149 g/mol. The number of hydrogen-bond acceptors (Lipinski definition) is 2. The SMILES string of the molecule is C#CCNc1c(C)n[nH]c1C. The molecule has 0 atom stereocenters. The standard InChI is InChI=1S/C8H11N3/c1-4-5-9-8-6(2)10-11-7(8)3/h1,9H,5H2,2-3H3,(H,10,11). The minimum atomic E-state index is 0.543. The van der Waals surface area contributed by atoms with Gasteiger partial charge in [-0.3, -0.25) is 5.10 Å². The Bertz CT molecular complexity index is 261. The van der Waals surface area contributed by atoms with Crippen LogP contribution in [0.3, 0.4) is 0 Å². The molecule has 0 amide bonds. The number of terminal acetylenes is 1. The Labute approximate surface area is 66.2 Å². The summed E-state index contributed by atoms with van der Waals surface area (Å²) in [4.78, 5) is 0. The molecule has 11 heavy (non-hydrogen) atoms. The van der Waals surface area contributed by atoms with Gasteiger partial charge in [0, 0.05) is 0 Å². The highest BCUT2D eigenvalue weighted by atomic mass is 15.1. The number of anilines is 1. The lowest BCUT2D eigenvalue weighted by atomic mass is 10.3. The van der Waals surface area contributed by atoms with Gasteiger partial charge in [0.2, 0.25) is 0 Å². The molecule has 0 aliphatic carbocycles. The third kappa shape index (κ3) is 1.53. The second kappa shape index (κ2) is 3.11. The van der Waals surface area contributed by atoms with Crippen molar-refractivity contribution < 1.29 is 0 Å². The monoisotopic (exact) mass is 149 g/mol. The molecular weight excluding hydrogens is 138 g/mol. The van der Waals surface area contributed by atoms with Crippen molar-refractivity contribution in [3.8, 4) is 12.3 Å². The molecule has 3 nitrogen and oxygen atoms in total. The number of nitrogens with one attached hydrogen (secondary N) is 2. The van der Waals surface area contributed by atoms with Crippen molar-refractivity contribution in [2.45, 2.75) is 13.8 Å². The lowest BCUT2D eigenvalue weighted by Gasteiger charge is -1.99. The summed E-state index contributed by atoms with van der Waals surface area (Å²) in [7, 11) is 0. The molecule has 0 fully saturated rings. The summed E-state index contributed by atoms with van der Waals surface area (Å²) in [5, 5.41) is 9.96. The summed E-state index contributed by atoms with van der Waals surface area (Å²) < 4.78 is 0. The van der Waals surface area contributed by atoms with Gasteiger partial charge < -0.3 is 5.32 Å². The van der Waals surface area contributed by atoms with Crippen molar-refractivity contribution >= 4 is 5.69 Å². The van der Waals surface area contributed by atoms with Gasteiger partial charge in [0.25, 0.3) is 0 Å². The van der Waals surface area contributed by atoms with E-state index in [2.05, 4.69) is 21.4 Å². The van der Waals surface area contributed by atoms with Crippen LogP contribution in [-0.2, 0) is 0 Å². The first-order valence-electron chi connectivity index (χ1n) is 3.44. The van der Waals surface area contributed by atoms with Gasteiger partial charge in [0.1, 0.15) is 0 Å². The van der Waals surface area contributed by atoms with Crippen LogP contribution >= 0.6 is 0 Å². The van der Waals surface area contributed by atoms with Gasteiger partial charge in [0.15, 0.2) is 0 Å². The van der Waals surface area contributed by atoms with Crippen molar-refractivity contribution in [1.82, 2.24) is 10.2 Å². The summed E-state index contributed by atoms with van der Waals surface area (Å²) >= 11 is 0. The first-order valence-corrected chi connectivity index (χ1v) is 3.44. The number of nitrogens with zero attached hydrogens (tertiary/aromatic N) is 1. The Balaban J connectivity index is 2.77. The molecule has 1 rings (SSSR count). The molecule has 0 saturated carbocycles. The summed E-state index contributed by atoms with van der Waals surface area (Å²) in [5.41, 5.74) is 3.00. The summed E-state index contributed by atoms with van der Waals surface area (Å²) in [6.45, 7) is 4.43. The van der Waals surface area contributed by atoms with E-state index in [1.807, 2.05) is 13.8 Å². The van der Waals surface area contributed by atoms with Gasteiger partial charge in [0.05, 0.1) is 23.6 Å². The van der Waals surface area contributed by atoms with Crippen LogP contribution in [0.15, 0.2) is 0 Å². The normalized spacial score (nSPS) is 9.18. The molecule has 0 unspecified atom stereocenters. The Hall–Kier alpha value is -1.43. The predicted octanol–water partition coefficient (Wildman–Crippen LogP) is 1.07. The maximum atomic E-state index is 5.10. The molecule has 1 aromatic heterocycles. The van der Waals surface area contributed by atoms with E-state index < -0.39 is 0 Å². The molecule has 58 valence electrons. The Kier molecular flexibility index (Phi) is 2.17. The molecule has 1 aromatic rings. The van der Waals surface area contributed by atoms with E-state index in [9.17, 15) is 0 Å². The zero-order chi connectivity index (χ0) is 8.27. The van der Waals surface area contributed by atoms with Crippen LogP contribution in [0.2, 0.25) is 0 Å². The zero-order valence-electron chi connectivity index (χ0n) is 6.73. The Morgan fingerprint density at radius 3 is 2.82 bits per heavy atom. The lowest BCUT2D eigenvalue weighted by Crippen LogP contribution is -1.99. The highest BCUT2D eigenvalue weighted by Crippen LogP contribution is 2.14. The lowest BCUT2D eigenvalue weighted by molar-refractivity contribution is 1.02. The van der Waals surface area contributed by atoms with Crippen molar-refractivity contribution in [1.29, 1.82) is 0 Å². The van der Waals surface area contributed by atoms with Gasteiger partial charge in [-0.25, -0.2) is 0 Å². The minimum absolute atomic E-state index is 0.543. The van der Waals surface area contributed by atoms with E-state index in [-0.39, 0.29) is 0 Å². The van der Waals surface area contributed by atoms with Crippen molar-refractivity contribution in [3.63, 3.8) is 0 Å². The first kappa shape index (κ1) is 7.67. The first-order chi connectivity index (χ1) is 5.25. The summed E-state index contributed by atoms with van der Waals surface area (Å²) in [6, 6.07) is 0. The number of aromatic amines is 1. The fourth-order valence-corrected chi connectivity index (χ4v) is 0.951. The van der Waals surface area contributed by atoms with Crippen LogP contribution in [0.25, 0.3) is 0 Å². The van der Waals surface area contributed by atoms with E-state index >= 15 is 0 Å². The molecule has 0 saturated heterocycles. The van der Waals surface area contributed by atoms with Gasteiger partial charge in [-0.15, -0.1) is 6.42 Å². The third-order valence-corrected chi connectivity index (χ3v) is 1.50. The van der Waals surface area contributed by atoms with Gasteiger partial charge in [-0.1, -0.05) is 5.92 Å². The molecule has 0 aliphatic heterocycles. The van der Waals surface area contributed by atoms with Crippen LogP contribution in [0.4, 0.5) is 5.69 Å². The highest BCUT2D eigenvalue weighted by molar-refractivity contribution is 5.51. The Morgan fingerprint density at radius 1 is 1.64 bits per heavy atom. The van der Waals surface area contributed by atoms with Crippen LogP contribution in [0, 0.1) is 26.2 Å². The van der Waals surface area contributed by atoms with Crippen molar-refractivity contribution in [2.75, 3.05) is 11.9 Å². The Morgan fingerprint density at radius 2 is 2.36 bits per heavy atom. The molecule has 0 aromatic carbocycles. The van der Waals surface area contributed by atoms with E-state index in [0.29, 0.717) is 6.54 Å². The van der Waals surface area contributed by atoms with Gasteiger partial charge in [-0.2, -0.15) is 5.10 Å². The molecule has 2 N–H and O–H groups in total. The molecule has 0 aliphatic rings. The summed E-state index contributed by atoms with van der Waals surface area (Å²) in [6.07, 6.45) is 5.10. The van der Waals surface area contributed by atoms with E-state index in [1.165, 1.54) is 0 Å². The van der Waals surface area contributed by atoms with Gasteiger partial charge in [-0.05, 0) is 13.8 Å². The topological polar surface area (TPSA) is 40.7 Å².